The molecule has 5 nitrogen and oxygen atoms in total. The van der Waals surface area contributed by atoms with E-state index >= 15 is 0 Å². The normalized spacial score (nSPS) is 25.4. The van der Waals surface area contributed by atoms with Crippen molar-refractivity contribution in [3.63, 3.8) is 0 Å². The van der Waals surface area contributed by atoms with E-state index in [0.29, 0.717) is 19.4 Å². The third kappa shape index (κ3) is 3.31. The summed E-state index contributed by atoms with van der Waals surface area (Å²) < 4.78 is 22.0. The van der Waals surface area contributed by atoms with Crippen LogP contribution in [0.4, 0.5) is 0 Å². The van der Waals surface area contributed by atoms with E-state index in [4.69, 9.17) is 18.9 Å². The molecule has 1 aromatic carbocycles. The van der Waals surface area contributed by atoms with Gasteiger partial charge in [-0.25, -0.2) is 0 Å². The lowest BCUT2D eigenvalue weighted by Gasteiger charge is -2.43. The Morgan fingerprint density at radius 2 is 2.00 bits per heavy atom. The summed E-state index contributed by atoms with van der Waals surface area (Å²) in [5.41, 5.74) is 0.294. The zero-order chi connectivity index (χ0) is 16.5. The van der Waals surface area contributed by atoms with Crippen LogP contribution in [0.5, 0.6) is 5.75 Å². The highest BCUT2D eigenvalue weighted by atomic mass is 16.7. The van der Waals surface area contributed by atoms with Gasteiger partial charge in [-0.1, -0.05) is 0 Å². The minimum Gasteiger partial charge on any atom is -0.487 e. The molecular formula is C18H24O5. The first kappa shape index (κ1) is 16.1. The van der Waals surface area contributed by atoms with Crippen LogP contribution in [-0.4, -0.2) is 24.4 Å². The summed E-state index contributed by atoms with van der Waals surface area (Å²) in [6.45, 7) is 4.62. The van der Waals surface area contributed by atoms with Crippen molar-refractivity contribution in [1.82, 2.24) is 0 Å². The first-order valence-electron chi connectivity index (χ1n) is 7.94. The van der Waals surface area contributed by atoms with Gasteiger partial charge >= 0.3 is 0 Å². The molecule has 0 bridgehead atoms. The number of benzene rings is 1. The van der Waals surface area contributed by atoms with E-state index in [9.17, 15) is 5.11 Å². The number of aliphatic hydroxyl groups is 1. The molecule has 126 valence electrons. The molecular weight excluding hydrogens is 296 g/mol. The molecule has 2 aliphatic heterocycles. The summed E-state index contributed by atoms with van der Waals surface area (Å²) in [4.78, 5) is 0. The minimum absolute atomic E-state index is 0.418. The molecule has 2 heterocycles. The van der Waals surface area contributed by atoms with Gasteiger partial charge in [-0.2, -0.15) is 0 Å². The molecule has 0 amide bonds. The van der Waals surface area contributed by atoms with E-state index in [0.717, 1.165) is 23.3 Å². The molecule has 0 aromatic heterocycles. The predicted octanol–water partition coefficient (Wildman–Crippen LogP) is 3.38. The fraction of sp³-hybridized carbons (Fsp3) is 0.556. The Morgan fingerprint density at radius 3 is 2.70 bits per heavy atom. The summed E-state index contributed by atoms with van der Waals surface area (Å²) in [6.07, 6.45) is 4.52. The fourth-order valence-electron chi connectivity index (χ4n) is 3.41. The Balaban J connectivity index is 1.93. The van der Waals surface area contributed by atoms with Gasteiger partial charge in [-0.15, -0.1) is 0 Å². The molecule has 0 spiro atoms. The molecule has 2 aliphatic rings. The van der Waals surface area contributed by atoms with Crippen LogP contribution in [0, 0.1) is 0 Å². The second kappa shape index (κ2) is 6.06. The van der Waals surface area contributed by atoms with Crippen LogP contribution < -0.4 is 4.74 Å². The van der Waals surface area contributed by atoms with E-state index in [1.807, 2.05) is 32.0 Å². The van der Waals surface area contributed by atoms with Gasteiger partial charge in [-0.3, -0.25) is 0 Å². The van der Waals surface area contributed by atoms with Gasteiger partial charge in [0.05, 0.1) is 5.60 Å². The van der Waals surface area contributed by atoms with Gasteiger partial charge in [0, 0.05) is 31.3 Å². The Kier molecular flexibility index (Phi) is 4.25. The van der Waals surface area contributed by atoms with Crippen molar-refractivity contribution in [1.29, 1.82) is 0 Å². The van der Waals surface area contributed by atoms with Gasteiger partial charge in [0.1, 0.15) is 23.9 Å². The van der Waals surface area contributed by atoms with Crippen molar-refractivity contribution in [2.45, 2.75) is 50.6 Å². The molecule has 3 rings (SSSR count). The number of hydrogen-bond acceptors (Lipinski definition) is 5. The maximum Gasteiger partial charge on any atom is 0.266 e. The summed E-state index contributed by atoms with van der Waals surface area (Å²) in [5.74, 6) is 0.718. The van der Waals surface area contributed by atoms with Gasteiger partial charge in [0.15, 0.2) is 0 Å². The Bertz CT molecular complexity index is 587. The average Bonchev–Trinajstić information content (AvgIpc) is 3.00. The number of fused-ring (bicyclic) bond motifs is 1. The van der Waals surface area contributed by atoms with E-state index < -0.39 is 17.5 Å². The smallest absolute Gasteiger partial charge is 0.266 e. The van der Waals surface area contributed by atoms with E-state index in [-0.39, 0.29) is 0 Å². The monoisotopic (exact) mass is 320 g/mol. The summed E-state index contributed by atoms with van der Waals surface area (Å²) in [6, 6.07) is 5.72. The molecule has 0 aliphatic carbocycles. The minimum atomic E-state index is -0.947. The van der Waals surface area contributed by atoms with Gasteiger partial charge in [0.2, 0.25) is 0 Å². The summed E-state index contributed by atoms with van der Waals surface area (Å²) >= 11 is 0. The zero-order valence-electron chi connectivity index (χ0n) is 13.9. The Hall–Kier alpha value is -1.72. The maximum atomic E-state index is 11.3. The second-order valence-corrected chi connectivity index (χ2v) is 6.80. The van der Waals surface area contributed by atoms with Crippen LogP contribution in [0.1, 0.15) is 50.5 Å². The van der Waals surface area contributed by atoms with E-state index in [1.54, 1.807) is 7.11 Å². The van der Waals surface area contributed by atoms with Crippen molar-refractivity contribution in [2.24, 2.45) is 0 Å². The Labute approximate surface area is 136 Å². The third-order valence-electron chi connectivity index (χ3n) is 4.28. The highest BCUT2D eigenvalue weighted by molar-refractivity contribution is 5.44. The average molecular weight is 320 g/mol. The van der Waals surface area contributed by atoms with Crippen LogP contribution in [0.25, 0.3) is 0 Å². The van der Waals surface area contributed by atoms with Gasteiger partial charge in [-0.05, 0) is 44.9 Å². The third-order valence-corrected chi connectivity index (χ3v) is 4.28. The van der Waals surface area contributed by atoms with Crippen LogP contribution in [-0.2, 0) is 19.8 Å². The highest BCUT2D eigenvalue weighted by Gasteiger charge is 2.44. The molecule has 23 heavy (non-hydrogen) atoms. The molecule has 0 saturated heterocycles. The van der Waals surface area contributed by atoms with Gasteiger partial charge in [0.25, 0.3) is 6.29 Å². The summed E-state index contributed by atoms with van der Waals surface area (Å²) in [5, 5.41) is 11.3. The molecule has 0 saturated carbocycles. The van der Waals surface area contributed by atoms with Crippen LogP contribution in [0.15, 0.2) is 30.7 Å². The van der Waals surface area contributed by atoms with Crippen LogP contribution in [0.2, 0.25) is 0 Å². The zero-order valence-corrected chi connectivity index (χ0v) is 13.9. The number of ether oxygens (including phenoxy) is 4. The quantitative estimate of drug-likeness (QED) is 0.843. The number of rotatable bonds is 5. The van der Waals surface area contributed by atoms with E-state index in [2.05, 4.69) is 0 Å². The first-order chi connectivity index (χ1) is 10.9. The molecule has 1 unspecified atom stereocenters. The molecule has 5 heteroatoms. The van der Waals surface area contributed by atoms with Crippen LogP contribution >= 0.6 is 0 Å². The lowest BCUT2D eigenvalue weighted by molar-refractivity contribution is -0.0728. The maximum absolute atomic E-state index is 11.3. The number of methoxy groups -OCH3 is 1. The number of hydrogen-bond donors (Lipinski definition) is 1. The highest BCUT2D eigenvalue weighted by Crippen LogP contribution is 2.47. The molecule has 1 atom stereocenters. The van der Waals surface area contributed by atoms with Gasteiger partial charge < -0.3 is 24.1 Å². The predicted molar refractivity (Wildman–Crippen MR) is 84.8 cm³/mol. The topological polar surface area (TPSA) is 57.2 Å². The molecule has 1 aromatic rings. The summed E-state index contributed by atoms with van der Waals surface area (Å²) in [7, 11) is 1.67. The van der Waals surface area contributed by atoms with Crippen molar-refractivity contribution in [3.05, 3.63) is 41.9 Å². The molecule has 0 radical (unpaired) electrons. The van der Waals surface area contributed by atoms with Crippen molar-refractivity contribution >= 4 is 0 Å². The van der Waals surface area contributed by atoms with Crippen LogP contribution in [0.3, 0.4) is 0 Å². The lowest BCUT2D eigenvalue weighted by atomic mass is 9.77. The molecule has 0 fully saturated rings. The standard InChI is InChI=1S/C18H24O5/c1-17(2)12-18(19,7-4-8-20-3)14-11-13(5-6-15(14)23-17)16-21-9-10-22-16/h5-6,9-11,16,19H,4,7-8,12H2,1-3H3. The van der Waals surface area contributed by atoms with Crippen molar-refractivity contribution in [3.8, 4) is 5.75 Å². The van der Waals surface area contributed by atoms with E-state index in [1.165, 1.54) is 12.5 Å². The first-order valence-corrected chi connectivity index (χ1v) is 7.94. The lowest BCUT2D eigenvalue weighted by Crippen LogP contribution is -2.44. The Morgan fingerprint density at radius 1 is 1.26 bits per heavy atom. The van der Waals surface area contributed by atoms with Crippen molar-refractivity contribution < 1.29 is 24.1 Å². The fourth-order valence-corrected chi connectivity index (χ4v) is 3.41. The second-order valence-electron chi connectivity index (χ2n) is 6.80. The largest absolute Gasteiger partial charge is 0.487 e. The molecule has 1 N–H and O–H groups in total. The SMILES string of the molecule is COCCCC1(O)CC(C)(C)Oc2ccc(C3OC=CO3)cc21. The van der Waals surface area contributed by atoms with Crippen molar-refractivity contribution in [2.75, 3.05) is 13.7 Å².